The van der Waals surface area contributed by atoms with E-state index in [-0.39, 0.29) is 0 Å². The first-order valence-corrected chi connectivity index (χ1v) is 5.70. The Balaban J connectivity index is -0.000000177. The fourth-order valence-electron chi connectivity index (χ4n) is 1.06. The zero-order valence-electron chi connectivity index (χ0n) is 11.0. The molecule has 106 valence electrons. The summed E-state index contributed by atoms with van der Waals surface area (Å²) in [7, 11) is 1.00. The molecule has 0 aromatic carbocycles. The van der Waals surface area contributed by atoms with Gasteiger partial charge in [-0.3, -0.25) is 0 Å². The lowest BCUT2D eigenvalue weighted by atomic mass is 10.0. The summed E-state index contributed by atoms with van der Waals surface area (Å²) in [5, 5.41) is 22.2. The summed E-state index contributed by atoms with van der Waals surface area (Å²) in [5.74, 6) is -1.96. The Hall–Kier alpha value is -1.62. The largest absolute Gasteiger partial charge is 0.478 e. The van der Waals surface area contributed by atoms with Gasteiger partial charge < -0.3 is 15.3 Å². The predicted molar refractivity (Wildman–Crippen MR) is 71.5 cm³/mol. The minimum Gasteiger partial charge on any atom is -0.478 e. The third kappa shape index (κ3) is 36.7. The van der Waals surface area contributed by atoms with E-state index in [1.165, 1.54) is 38.5 Å². The van der Waals surface area contributed by atoms with Crippen LogP contribution in [0.25, 0.3) is 0 Å². The van der Waals surface area contributed by atoms with Gasteiger partial charge in [0.1, 0.15) is 0 Å². The van der Waals surface area contributed by atoms with Gasteiger partial charge in [0.2, 0.25) is 0 Å². The number of aliphatic hydroxyl groups excluding tert-OH is 1. The highest BCUT2D eigenvalue weighted by Gasteiger charge is 1.95. The van der Waals surface area contributed by atoms with Crippen molar-refractivity contribution in [3.05, 3.63) is 25.3 Å². The van der Waals surface area contributed by atoms with Crippen LogP contribution in [-0.4, -0.2) is 34.4 Å². The van der Waals surface area contributed by atoms with Crippen molar-refractivity contribution >= 4 is 11.9 Å². The van der Waals surface area contributed by atoms with E-state index in [0.717, 1.165) is 19.3 Å². The number of hydrogen-bond donors (Lipinski definition) is 3. The maximum Gasteiger partial charge on any atom is 0.327 e. The van der Waals surface area contributed by atoms with E-state index in [0.29, 0.717) is 0 Å². The van der Waals surface area contributed by atoms with E-state index < -0.39 is 11.9 Å². The number of carboxylic acid groups (broad SMARTS) is 2. The maximum absolute atomic E-state index is 9.25. The molecule has 1 aliphatic rings. The lowest BCUT2D eigenvalue weighted by molar-refractivity contribution is -0.132. The van der Waals surface area contributed by atoms with E-state index >= 15 is 0 Å². The van der Waals surface area contributed by atoms with E-state index in [1.54, 1.807) is 0 Å². The van der Waals surface area contributed by atoms with Gasteiger partial charge in [-0.15, -0.1) is 0 Å². The summed E-state index contributed by atoms with van der Waals surface area (Å²) < 4.78 is 0. The Morgan fingerprint density at radius 3 is 0.944 bits per heavy atom. The van der Waals surface area contributed by atoms with Crippen LogP contribution in [0.4, 0.5) is 0 Å². The van der Waals surface area contributed by atoms with Gasteiger partial charge in [-0.05, 0) is 0 Å². The highest BCUT2D eigenvalue weighted by Crippen LogP contribution is 2.15. The van der Waals surface area contributed by atoms with Crippen molar-refractivity contribution in [1.82, 2.24) is 0 Å². The molecule has 0 atom stereocenters. The van der Waals surface area contributed by atoms with Crippen LogP contribution in [0.3, 0.4) is 0 Å². The van der Waals surface area contributed by atoms with Crippen molar-refractivity contribution in [1.29, 1.82) is 0 Å². The summed E-state index contributed by atoms with van der Waals surface area (Å²) in [6.45, 7) is 5.92. The third-order valence-electron chi connectivity index (χ3n) is 1.85. The third-order valence-corrected chi connectivity index (χ3v) is 1.85. The quantitative estimate of drug-likeness (QED) is 0.663. The topological polar surface area (TPSA) is 94.8 Å². The smallest absolute Gasteiger partial charge is 0.327 e. The fourth-order valence-corrected chi connectivity index (χ4v) is 1.06. The molecular formula is C13H24O5. The molecule has 0 radical (unpaired) electrons. The van der Waals surface area contributed by atoms with Crippen LogP contribution in [0.1, 0.15) is 38.5 Å². The minimum absolute atomic E-state index is 0.833. The first kappa shape index (κ1) is 21.6. The van der Waals surface area contributed by atoms with E-state index in [4.69, 9.17) is 15.3 Å². The van der Waals surface area contributed by atoms with Crippen LogP contribution in [0.2, 0.25) is 0 Å². The second-order valence-electron chi connectivity index (χ2n) is 3.21. The fraction of sp³-hybridized carbons (Fsp3) is 0.538. The van der Waals surface area contributed by atoms with Crippen LogP contribution < -0.4 is 0 Å². The second kappa shape index (κ2) is 20.8. The maximum atomic E-state index is 9.25. The van der Waals surface area contributed by atoms with Crippen LogP contribution >= 0.6 is 0 Å². The molecule has 1 fully saturated rings. The van der Waals surface area contributed by atoms with Crippen molar-refractivity contribution < 1.29 is 24.9 Å². The van der Waals surface area contributed by atoms with Gasteiger partial charge in [0, 0.05) is 19.3 Å². The molecule has 0 unspecified atom stereocenters. The average molecular weight is 260 g/mol. The van der Waals surface area contributed by atoms with Gasteiger partial charge in [0.05, 0.1) is 0 Å². The molecular weight excluding hydrogens is 236 g/mol. The molecule has 1 aliphatic carbocycles. The molecule has 0 aromatic rings. The summed E-state index contributed by atoms with van der Waals surface area (Å²) in [6, 6.07) is 0. The van der Waals surface area contributed by atoms with Gasteiger partial charge >= 0.3 is 11.9 Å². The first-order chi connectivity index (χ1) is 8.54. The van der Waals surface area contributed by atoms with Crippen molar-refractivity contribution in [3.8, 4) is 0 Å². The Kier molecular flexibility index (Phi) is 25.0. The Labute approximate surface area is 108 Å². The van der Waals surface area contributed by atoms with E-state index in [9.17, 15) is 9.59 Å². The summed E-state index contributed by atoms with van der Waals surface area (Å²) in [5.41, 5.74) is 0. The summed E-state index contributed by atoms with van der Waals surface area (Å²) in [4.78, 5) is 18.5. The summed E-state index contributed by atoms with van der Waals surface area (Å²) in [6.07, 6.45) is 10.7. The molecule has 3 N–H and O–H groups in total. The van der Waals surface area contributed by atoms with Crippen molar-refractivity contribution in [2.45, 2.75) is 38.5 Å². The minimum atomic E-state index is -0.981. The van der Waals surface area contributed by atoms with Gasteiger partial charge in [0.15, 0.2) is 0 Å². The normalized spacial score (nSPS) is 11.9. The zero-order chi connectivity index (χ0) is 14.8. The molecule has 0 aliphatic heterocycles. The Morgan fingerprint density at radius 2 is 0.889 bits per heavy atom. The van der Waals surface area contributed by atoms with Crippen molar-refractivity contribution in [3.63, 3.8) is 0 Å². The molecule has 5 heteroatoms. The number of aliphatic carboxylic acids is 2. The second-order valence-corrected chi connectivity index (χ2v) is 3.21. The van der Waals surface area contributed by atoms with Crippen LogP contribution in [0.5, 0.6) is 0 Å². The molecule has 0 heterocycles. The molecule has 1 rings (SSSR count). The Morgan fingerprint density at radius 1 is 0.778 bits per heavy atom. The number of hydrogen-bond acceptors (Lipinski definition) is 3. The first-order valence-electron chi connectivity index (χ1n) is 5.70. The molecule has 0 aromatic heterocycles. The molecule has 0 saturated heterocycles. The van der Waals surface area contributed by atoms with Crippen molar-refractivity contribution in [2.75, 3.05) is 7.11 Å². The monoisotopic (exact) mass is 260 g/mol. The van der Waals surface area contributed by atoms with Gasteiger partial charge in [-0.25, -0.2) is 9.59 Å². The molecule has 5 nitrogen and oxygen atoms in total. The number of rotatable bonds is 2. The highest BCUT2D eigenvalue weighted by atomic mass is 16.4. The molecule has 0 amide bonds. The molecule has 18 heavy (non-hydrogen) atoms. The lowest BCUT2D eigenvalue weighted by Crippen LogP contribution is -1.85. The number of carbonyl (C=O) groups is 2. The standard InChI is InChI=1S/C6H12.2C3H4O2.CH4O/c1-2-4-6-5-3-1;2*1-2-3(4)5;1-2/h1-6H2;2*2H,1H2,(H,4,5);2H,1H3. The van der Waals surface area contributed by atoms with Crippen molar-refractivity contribution in [2.24, 2.45) is 0 Å². The molecule has 0 bridgehead atoms. The van der Waals surface area contributed by atoms with Gasteiger partial charge in [0.25, 0.3) is 0 Å². The van der Waals surface area contributed by atoms with Gasteiger partial charge in [-0.1, -0.05) is 51.7 Å². The van der Waals surface area contributed by atoms with Crippen LogP contribution in [-0.2, 0) is 9.59 Å². The zero-order valence-corrected chi connectivity index (χ0v) is 11.0. The highest BCUT2D eigenvalue weighted by molar-refractivity contribution is 5.79. The van der Waals surface area contributed by atoms with Crippen LogP contribution in [0, 0.1) is 0 Å². The lowest BCUT2D eigenvalue weighted by Gasteiger charge is -2.05. The summed E-state index contributed by atoms with van der Waals surface area (Å²) >= 11 is 0. The van der Waals surface area contributed by atoms with Crippen LogP contribution in [0.15, 0.2) is 25.3 Å². The SMILES string of the molecule is C1CCCCC1.C=CC(=O)O.C=CC(=O)O.CO. The molecule has 0 spiro atoms. The molecule has 1 saturated carbocycles. The van der Waals surface area contributed by atoms with E-state index in [2.05, 4.69) is 13.2 Å². The van der Waals surface area contributed by atoms with E-state index in [1.807, 2.05) is 0 Å². The van der Waals surface area contributed by atoms with Gasteiger partial charge in [-0.2, -0.15) is 0 Å². The number of carboxylic acids is 2. The predicted octanol–water partition coefficient (Wildman–Crippen LogP) is 2.46. The number of aliphatic hydroxyl groups is 1. The average Bonchev–Trinajstić information content (AvgIpc) is 2.44. The Bertz CT molecular complexity index is 190.